The SMILES string of the molecule is CCCCC=C(C)C(CC)C(=O)O. The highest BCUT2D eigenvalue weighted by atomic mass is 16.4. The van der Waals surface area contributed by atoms with E-state index in [0.29, 0.717) is 6.42 Å². The highest BCUT2D eigenvalue weighted by Gasteiger charge is 2.15. The molecule has 0 amide bonds. The average molecular weight is 184 g/mol. The van der Waals surface area contributed by atoms with Crippen molar-refractivity contribution in [2.45, 2.75) is 46.5 Å². The molecule has 2 nitrogen and oxygen atoms in total. The van der Waals surface area contributed by atoms with Gasteiger partial charge >= 0.3 is 5.97 Å². The molecular formula is C11H20O2. The molecule has 0 aliphatic rings. The van der Waals surface area contributed by atoms with Crippen LogP contribution in [0.4, 0.5) is 0 Å². The van der Waals surface area contributed by atoms with Crippen molar-refractivity contribution in [1.82, 2.24) is 0 Å². The van der Waals surface area contributed by atoms with Gasteiger partial charge in [0, 0.05) is 0 Å². The van der Waals surface area contributed by atoms with Crippen LogP contribution in [0.1, 0.15) is 46.5 Å². The van der Waals surface area contributed by atoms with Crippen molar-refractivity contribution in [3.05, 3.63) is 11.6 Å². The van der Waals surface area contributed by atoms with E-state index in [1.54, 1.807) is 0 Å². The molecule has 0 spiro atoms. The van der Waals surface area contributed by atoms with Gasteiger partial charge in [-0.25, -0.2) is 0 Å². The molecule has 0 aromatic carbocycles. The number of carboxylic acid groups (broad SMARTS) is 1. The minimum absolute atomic E-state index is 0.281. The first-order valence-electron chi connectivity index (χ1n) is 5.02. The predicted molar refractivity (Wildman–Crippen MR) is 54.7 cm³/mol. The molecule has 0 aromatic rings. The number of hydrogen-bond donors (Lipinski definition) is 1. The van der Waals surface area contributed by atoms with Crippen molar-refractivity contribution in [2.24, 2.45) is 5.92 Å². The van der Waals surface area contributed by atoms with Crippen LogP contribution in [0.5, 0.6) is 0 Å². The largest absolute Gasteiger partial charge is 0.481 e. The smallest absolute Gasteiger partial charge is 0.310 e. The van der Waals surface area contributed by atoms with Gasteiger partial charge in [0.2, 0.25) is 0 Å². The minimum Gasteiger partial charge on any atom is -0.481 e. The van der Waals surface area contributed by atoms with E-state index in [0.717, 1.165) is 24.8 Å². The number of carbonyl (C=O) groups is 1. The Labute approximate surface area is 80.7 Å². The highest BCUT2D eigenvalue weighted by molar-refractivity contribution is 5.73. The van der Waals surface area contributed by atoms with Crippen molar-refractivity contribution in [2.75, 3.05) is 0 Å². The fourth-order valence-electron chi connectivity index (χ4n) is 1.37. The van der Waals surface area contributed by atoms with Gasteiger partial charge in [-0.05, 0) is 19.8 Å². The van der Waals surface area contributed by atoms with Gasteiger partial charge in [0.15, 0.2) is 0 Å². The van der Waals surface area contributed by atoms with Gasteiger partial charge in [-0.3, -0.25) is 4.79 Å². The predicted octanol–water partition coefficient (Wildman–Crippen LogP) is 3.23. The number of rotatable bonds is 6. The lowest BCUT2D eigenvalue weighted by molar-refractivity contribution is -0.140. The molecule has 0 radical (unpaired) electrons. The molecule has 0 aromatic heterocycles. The van der Waals surface area contributed by atoms with Gasteiger partial charge in [0.05, 0.1) is 5.92 Å². The Morgan fingerprint density at radius 2 is 2.08 bits per heavy atom. The van der Waals surface area contributed by atoms with Crippen molar-refractivity contribution in [1.29, 1.82) is 0 Å². The zero-order chi connectivity index (χ0) is 10.3. The fraction of sp³-hybridized carbons (Fsp3) is 0.727. The van der Waals surface area contributed by atoms with Crippen LogP contribution in [0.25, 0.3) is 0 Å². The quantitative estimate of drug-likeness (QED) is 0.508. The van der Waals surface area contributed by atoms with Gasteiger partial charge in [-0.1, -0.05) is 38.3 Å². The maximum atomic E-state index is 10.8. The van der Waals surface area contributed by atoms with Gasteiger partial charge in [0.1, 0.15) is 0 Å². The Balaban J connectivity index is 4.10. The van der Waals surface area contributed by atoms with Gasteiger partial charge in [-0.2, -0.15) is 0 Å². The second kappa shape index (κ2) is 6.70. The molecule has 1 N–H and O–H groups in total. The fourth-order valence-corrected chi connectivity index (χ4v) is 1.37. The molecule has 0 fully saturated rings. The van der Waals surface area contributed by atoms with Crippen LogP contribution in [0.3, 0.4) is 0 Å². The number of allylic oxidation sites excluding steroid dienone is 1. The molecule has 0 aliphatic carbocycles. The molecule has 0 heterocycles. The topological polar surface area (TPSA) is 37.3 Å². The normalized spacial score (nSPS) is 14.2. The Morgan fingerprint density at radius 1 is 1.46 bits per heavy atom. The third kappa shape index (κ3) is 4.71. The summed E-state index contributed by atoms with van der Waals surface area (Å²) in [5.41, 5.74) is 1.00. The number of unbranched alkanes of at least 4 members (excludes halogenated alkanes) is 2. The third-order valence-electron chi connectivity index (χ3n) is 2.28. The van der Waals surface area contributed by atoms with Crippen LogP contribution in [0, 0.1) is 5.92 Å². The van der Waals surface area contributed by atoms with E-state index in [2.05, 4.69) is 13.0 Å². The minimum atomic E-state index is -0.701. The van der Waals surface area contributed by atoms with Crippen LogP contribution >= 0.6 is 0 Å². The van der Waals surface area contributed by atoms with E-state index in [4.69, 9.17) is 5.11 Å². The molecule has 0 aliphatic heterocycles. The molecule has 0 saturated heterocycles. The van der Waals surface area contributed by atoms with E-state index in [1.165, 1.54) is 0 Å². The second-order valence-corrected chi connectivity index (χ2v) is 3.39. The average Bonchev–Trinajstić information content (AvgIpc) is 2.05. The van der Waals surface area contributed by atoms with Crippen molar-refractivity contribution in [3.8, 4) is 0 Å². The maximum absolute atomic E-state index is 10.8. The second-order valence-electron chi connectivity index (χ2n) is 3.39. The van der Waals surface area contributed by atoms with E-state index < -0.39 is 5.97 Å². The summed E-state index contributed by atoms with van der Waals surface area (Å²) in [6.45, 7) is 5.96. The number of aliphatic carboxylic acids is 1. The summed E-state index contributed by atoms with van der Waals surface area (Å²) in [5, 5.41) is 8.86. The first-order chi connectivity index (χ1) is 6.13. The monoisotopic (exact) mass is 184 g/mol. The van der Waals surface area contributed by atoms with Crippen molar-refractivity contribution in [3.63, 3.8) is 0 Å². The summed E-state index contributed by atoms with van der Waals surface area (Å²) < 4.78 is 0. The first-order valence-corrected chi connectivity index (χ1v) is 5.02. The Bertz CT molecular complexity index is 183. The summed E-state index contributed by atoms with van der Waals surface area (Å²) in [6.07, 6.45) is 6.06. The lowest BCUT2D eigenvalue weighted by Gasteiger charge is -2.09. The van der Waals surface area contributed by atoms with Crippen molar-refractivity contribution < 1.29 is 9.90 Å². The Morgan fingerprint density at radius 3 is 2.46 bits per heavy atom. The maximum Gasteiger partial charge on any atom is 0.310 e. The number of carboxylic acids is 1. The summed E-state index contributed by atoms with van der Waals surface area (Å²) in [4.78, 5) is 10.8. The molecule has 1 atom stereocenters. The van der Waals surface area contributed by atoms with Crippen LogP contribution in [0.2, 0.25) is 0 Å². The summed E-state index contributed by atoms with van der Waals surface area (Å²) in [5.74, 6) is -0.982. The third-order valence-corrected chi connectivity index (χ3v) is 2.28. The van der Waals surface area contributed by atoms with Crippen LogP contribution in [-0.2, 0) is 4.79 Å². The lowest BCUT2D eigenvalue weighted by atomic mass is 9.96. The standard InChI is InChI=1S/C11H20O2/c1-4-6-7-8-9(3)10(5-2)11(12)13/h8,10H,4-7H2,1-3H3,(H,12,13). The molecule has 1 unspecified atom stereocenters. The van der Waals surface area contributed by atoms with Crippen LogP contribution in [-0.4, -0.2) is 11.1 Å². The zero-order valence-corrected chi connectivity index (χ0v) is 8.84. The Hall–Kier alpha value is -0.790. The van der Waals surface area contributed by atoms with E-state index >= 15 is 0 Å². The van der Waals surface area contributed by atoms with Crippen LogP contribution in [0.15, 0.2) is 11.6 Å². The van der Waals surface area contributed by atoms with E-state index in [1.807, 2.05) is 13.8 Å². The summed E-state index contributed by atoms with van der Waals surface area (Å²) >= 11 is 0. The zero-order valence-electron chi connectivity index (χ0n) is 8.84. The molecule has 2 heteroatoms. The number of hydrogen-bond acceptors (Lipinski definition) is 1. The Kier molecular flexibility index (Phi) is 6.29. The molecule has 76 valence electrons. The van der Waals surface area contributed by atoms with Gasteiger partial charge in [-0.15, -0.1) is 0 Å². The molecule has 0 rings (SSSR count). The van der Waals surface area contributed by atoms with Crippen molar-refractivity contribution >= 4 is 5.97 Å². The molecule has 13 heavy (non-hydrogen) atoms. The molecule has 0 bridgehead atoms. The van der Waals surface area contributed by atoms with Gasteiger partial charge in [0.25, 0.3) is 0 Å². The molecule has 0 saturated carbocycles. The van der Waals surface area contributed by atoms with E-state index in [9.17, 15) is 4.79 Å². The van der Waals surface area contributed by atoms with E-state index in [-0.39, 0.29) is 5.92 Å². The first kappa shape index (κ1) is 12.2. The van der Waals surface area contributed by atoms with Crippen LogP contribution < -0.4 is 0 Å². The highest BCUT2D eigenvalue weighted by Crippen LogP contribution is 2.16. The summed E-state index contributed by atoms with van der Waals surface area (Å²) in [6, 6.07) is 0. The van der Waals surface area contributed by atoms with Gasteiger partial charge < -0.3 is 5.11 Å². The lowest BCUT2D eigenvalue weighted by Crippen LogP contribution is -2.13. The molecular weight excluding hydrogens is 164 g/mol. The summed E-state index contributed by atoms with van der Waals surface area (Å²) in [7, 11) is 0.